The first kappa shape index (κ1) is 17.8. The number of hydrogen-bond donors (Lipinski definition) is 2. The van der Waals surface area contributed by atoms with E-state index in [4.69, 9.17) is 12.2 Å². The van der Waals surface area contributed by atoms with Crippen LogP contribution in [0.4, 0.5) is 5.69 Å². The minimum atomic E-state index is -0.411. The summed E-state index contributed by atoms with van der Waals surface area (Å²) in [4.78, 5) is 19.6. The highest BCUT2D eigenvalue weighted by atomic mass is 79.9. The Balaban J connectivity index is 2.25. The zero-order valence-electron chi connectivity index (χ0n) is 14.1. The summed E-state index contributed by atoms with van der Waals surface area (Å²) >= 11 is 8.67. The highest BCUT2D eigenvalue weighted by Crippen LogP contribution is 2.38. The average Bonchev–Trinajstić information content (AvgIpc) is 2.85. The highest BCUT2D eigenvalue weighted by molar-refractivity contribution is 9.10. The summed E-state index contributed by atoms with van der Waals surface area (Å²) in [7, 11) is 0. The smallest absolute Gasteiger partial charge is 0.262 e. The number of nitrogens with one attached hydrogen (secondary N) is 1. The van der Waals surface area contributed by atoms with E-state index in [-0.39, 0.29) is 22.3 Å². The van der Waals surface area contributed by atoms with Crippen molar-refractivity contribution in [1.29, 1.82) is 0 Å². The van der Waals surface area contributed by atoms with Gasteiger partial charge in [-0.2, -0.15) is 0 Å². The molecule has 7 heteroatoms. The average molecular weight is 420 g/mol. The standard InChI is InChI=1S/C18H18BrN3O2S/c1-4-9(2)22-17(24)14(16(23)21-18(22)25)8-12-10(3)20-15-6-5-11(19)7-13(12)15/h5-9,24H,4H2,1-3H3,(H,21,23,25)/b12-8-. The SMILES string of the molecule is CCC(C)n1c(O)c(/C=C2/C(C)=Nc3ccc(Br)cc32)c(=O)[nH]c1=S. The van der Waals surface area contributed by atoms with Crippen molar-refractivity contribution in [2.45, 2.75) is 33.2 Å². The molecule has 2 aromatic rings. The van der Waals surface area contributed by atoms with Gasteiger partial charge in [-0.25, -0.2) is 0 Å². The second-order valence-corrected chi connectivity index (χ2v) is 7.34. The number of fused-ring (bicyclic) bond motifs is 1. The normalized spacial score (nSPS) is 16.0. The van der Waals surface area contributed by atoms with E-state index in [0.717, 1.165) is 33.4 Å². The number of nitrogens with zero attached hydrogens (tertiary/aromatic N) is 2. The molecule has 0 bridgehead atoms. The van der Waals surface area contributed by atoms with Gasteiger partial charge in [0.05, 0.1) is 5.69 Å². The maximum Gasteiger partial charge on any atom is 0.262 e. The molecular formula is C18H18BrN3O2S. The lowest BCUT2D eigenvalue weighted by Crippen LogP contribution is -2.19. The van der Waals surface area contributed by atoms with Crippen LogP contribution >= 0.6 is 28.1 Å². The van der Waals surface area contributed by atoms with Crippen LogP contribution in [0.5, 0.6) is 5.88 Å². The van der Waals surface area contributed by atoms with E-state index < -0.39 is 5.56 Å². The van der Waals surface area contributed by atoms with Gasteiger partial charge in [0.25, 0.3) is 5.56 Å². The first-order valence-corrected chi connectivity index (χ1v) is 9.18. The summed E-state index contributed by atoms with van der Waals surface area (Å²) in [5, 5.41) is 10.7. The summed E-state index contributed by atoms with van der Waals surface area (Å²) < 4.78 is 2.72. The fourth-order valence-electron chi connectivity index (χ4n) is 2.86. The zero-order valence-corrected chi connectivity index (χ0v) is 16.5. The van der Waals surface area contributed by atoms with Crippen molar-refractivity contribution in [2.75, 3.05) is 0 Å². The molecule has 25 heavy (non-hydrogen) atoms. The van der Waals surface area contributed by atoms with E-state index in [9.17, 15) is 9.90 Å². The van der Waals surface area contributed by atoms with E-state index in [2.05, 4.69) is 25.9 Å². The molecule has 0 amide bonds. The molecule has 1 atom stereocenters. The van der Waals surface area contributed by atoms with E-state index in [1.807, 2.05) is 39.0 Å². The van der Waals surface area contributed by atoms with Crippen molar-refractivity contribution in [3.05, 3.63) is 48.9 Å². The maximum atomic E-state index is 12.4. The number of aliphatic imine (C=N–C) groups is 1. The number of rotatable bonds is 3. The molecule has 1 aromatic heterocycles. The number of aromatic amines is 1. The minimum absolute atomic E-state index is 0.0266. The summed E-state index contributed by atoms with van der Waals surface area (Å²) in [6.45, 7) is 5.82. The van der Waals surface area contributed by atoms with Gasteiger partial charge in [-0.15, -0.1) is 0 Å². The van der Waals surface area contributed by atoms with Crippen LogP contribution in [-0.2, 0) is 0 Å². The Hall–Kier alpha value is -1.99. The molecule has 0 radical (unpaired) electrons. The maximum absolute atomic E-state index is 12.4. The van der Waals surface area contributed by atoms with E-state index in [1.165, 1.54) is 0 Å². The monoisotopic (exact) mass is 419 g/mol. The molecule has 1 aliphatic rings. The van der Waals surface area contributed by atoms with Gasteiger partial charge in [0, 0.05) is 27.4 Å². The molecule has 0 saturated heterocycles. The van der Waals surface area contributed by atoms with Gasteiger partial charge in [-0.05, 0) is 56.8 Å². The Labute approximate surface area is 158 Å². The van der Waals surface area contributed by atoms with Gasteiger partial charge in [-0.3, -0.25) is 19.3 Å². The summed E-state index contributed by atoms with van der Waals surface area (Å²) in [6.07, 6.45) is 2.46. The minimum Gasteiger partial charge on any atom is -0.494 e. The second kappa shape index (κ2) is 6.72. The Kier molecular flexibility index (Phi) is 4.79. The summed E-state index contributed by atoms with van der Waals surface area (Å²) in [6, 6.07) is 5.77. The third kappa shape index (κ3) is 3.14. The molecule has 3 rings (SSSR count). The van der Waals surface area contributed by atoms with Gasteiger partial charge in [-0.1, -0.05) is 22.9 Å². The first-order valence-electron chi connectivity index (χ1n) is 7.98. The van der Waals surface area contributed by atoms with E-state index in [1.54, 1.807) is 10.6 Å². The van der Waals surface area contributed by atoms with Crippen LogP contribution in [0.1, 0.15) is 44.4 Å². The fourth-order valence-corrected chi connectivity index (χ4v) is 3.58. The fraction of sp³-hybridized carbons (Fsp3) is 0.278. The topological polar surface area (TPSA) is 70.4 Å². The molecule has 1 aromatic carbocycles. The van der Waals surface area contributed by atoms with Gasteiger partial charge in [0.1, 0.15) is 5.56 Å². The lowest BCUT2D eigenvalue weighted by Gasteiger charge is -2.17. The lowest BCUT2D eigenvalue weighted by atomic mass is 10.0. The number of aromatic nitrogens is 2. The number of hydrogen-bond acceptors (Lipinski definition) is 4. The predicted octanol–water partition coefficient (Wildman–Crippen LogP) is 4.99. The molecule has 0 fully saturated rings. The van der Waals surface area contributed by atoms with Crippen LogP contribution in [-0.4, -0.2) is 20.4 Å². The van der Waals surface area contributed by atoms with Crippen LogP contribution < -0.4 is 5.56 Å². The quantitative estimate of drug-likeness (QED) is 0.688. The van der Waals surface area contributed by atoms with Gasteiger partial charge in [0.2, 0.25) is 5.88 Å². The molecule has 2 N–H and O–H groups in total. The third-order valence-electron chi connectivity index (χ3n) is 4.40. The molecule has 5 nitrogen and oxygen atoms in total. The van der Waals surface area contributed by atoms with Gasteiger partial charge < -0.3 is 5.11 Å². The lowest BCUT2D eigenvalue weighted by molar-refractivity contribution is 0.371. The largest absolute Gasteiger partial charge is 0.494 e. The molecule has 130 valence electrons. The molecule has 1 unspecified atom stereocenters. The molecular weight excluding hydrogens is 402 g/mol. The molecule has 2 heterocycles. The second-order valence-electron chi connectivity index (χ2n) is 6.04. The highest BCUT2D eigenvalue weighted by Gasteiger charge is 2.21. The van der Waals surface area contributed by atoms with E-state index in [0.29, 0.717) is 0 Å². The van der Waals surface area contributed by atoms with Gasteiger partial charge >= 0.3 is 0 Å². The first-order chi connectivity index (χ1) is 11.8. The van der Waals surface area contributed by atoms with Crippen LogP contribution in [0.3, 0.4) is 0 Å². The van der Waals surface area contributed by atoms with Crippen molar-refractivity contribution in [3.63, 3.8) is 0 Å². The Morgan fingerprint density at radius 3 is 2.88 bits per heavy atom. The number of aromatic hydroxyl groups is 1. The van der Waals surface area contributed by atoms with Crippen LogP contribution in [0.2, 0.25) is 0 Å². The Bertz CT molecular complexity index is 1030. The zero-order chi connectivity index (χ0) is 18.3. The Morgan fingerprint density at radius 1 is 1.48 bits per heavy atom. The van der Waals surface area contributed by atoms with Crippen LogP contribution in [0, 0.1) is 4.77 Å². The number of halogens is 1. The van der Waals surface area contributed by atoms with Crippen molar-refractivity contribution in [3.8, 4) is 5.88 Å². The van der Waals surface area contributed by atoms with E-state index >= 15 is 0 Å². The van der Waals surface area contributed by atoms with Gasteiger partial charge in [0.15, 0.2) is 4.77 Å². The number of H-pyrrole nitrogens is 1. The van der Waals surface area contributed by atoms with Crippen molar-refractivity contribution in [2.24, 2.45) is 4.99 Å². The van der Waals surface area contributed by atoms with Crippen LogP contribution in [0.15, 0.2) is 32.5 Å². The number of allylic oxidation sites excluding steroid dienone is 1. The molecule has 0 saturated carbocycles. The molecule has 0 spiro atoms. The van der Waals surface area contributed by atoms with Crippen molar-refractivity contribution < 1.29 is 5.11 Å². The van der Waals surface area contributed by atoms with Crippen molar-refractivity contribution >= 4 is 51.2 Å². The van der Waals surface area contributed by atoms with Crippen molar-refractivity contribution in [1.82, 2.24) is 9.55 Å². The summed E-state index contributed by atoms with van der Waals surface area (Å²) in [5.41, 5.74) is 3.15. The predicted molar refractivity (Wildman–Crippen MR) is 107 cm³/mol. The van der Waals surface area contributed by atoms with Crippen LogP contribution in [0.25, 0.3) is 11.6 Å². The summed E-state index contributed by atoms with van der Waals surface area (Å²) in [5.74, 6) is -0.119. The third-order valence-corrected chi connectivity index (χ3v) is 5.19. The Morgan fingerprint density at radius 2 is 2.20 bits per heavy atom. The molecule has 1 aliphatic heterocycles. The number of benzene rings is 1. The molecule has 0 aliphatic carbocycles.